The second-order valence-electron chi connectivity index (χ2n) is 5.64. The molecule has 2 N–H and O–H groups in total. The number of piperidine rings is 1. The molecule has 1 rings (SSSR count). The van der Waals surface area contributed by atoms with Crippen molar-refractivity contribution in [3.8, 4) is 0 Å². The molecule has 0 spiro atoms. The maximum Gasteiger partial charge on any atom is 0.309 e. The van der Waals surface area contributed by atoms with Crippen molar-refractivity contribution >= 4 is 22.0 Å². The third-order valence-corrected chi connectivity index (χ3v) is 5.37. The van der Waals surface area contributed by atoms with Gasteiger partial charge in [-0.1, -0.05) is 0 Å². The number of aliphatic imine (C=N–C) groups is 1. The van der Waals surface area contributed by atoms with Gasteiger partial charge in [0.15, 0.2) is 5.96 Å². The number of nitrogens with one attached hydrogen (secondary N) is 2. The number of ether oxygens (including phenoxy) is 1. The van der Waals surface area contributed by atoms with Gasteiger partial charge in [-0.15, -0.1) is 0 Å². The van der Waals surface area contributed by atoms with Crippen molar-refractivity contribution in [3.05, 3.63) is 0 Å². The zero-order chi connectivity index (χ0) is 18.0. The average Bonchev–Trinajstić information content (AvgIpc) is 2.58. The first-order chi connectivity index (χ1) is 11.4. The first kappa shape index (κ1) is 20.7. The quantitative estimate of drug-likeness (QED) is 0.276. The van der Waals surface area contributed by atoms with Gasteiger partial charge in [0.25, 0.3) is 0 Å². The highest BCUT2D eigenvalue weighted by molar-refractivity contribution is 7.89. The zero-order valence-corrected chi connectivity index (χ0v) is 15.7. The van der Waals surface area contributed by atoms with Gasteiger partial charge in [0.05, 0.1) is 18.3 Å². The lowest BCUT2D eigenvalue weighted by Gasteiger charge is -2.33. The molecule has 1 aliphatic rings. The molecule has 0 aromatic heterocycles. The molecule has 140 valence electrons. The van der Waals surface area contributed by atoms with Crippen LogP contribution in [0, 0.1) is 5.92 Å². The second kappa shape index (κ2) is 10.5. The monoisotopic (exact) mass is 362 g/mol. The fraction of sp³-hybridized carbons (Fsp3) is 0.867. The van der Waals surface area contributed by atoms with Crippen LogP contribution in [0.4, 0.5) is 0 Å². The smallest absolute Gasteiger partial charge is 0.309 e. The number of carbonyl (C=O) groups excluding carboxylic acids is 1. The highest BCUT2D eigenvalue weighted by Crippen LogP contribution is 2.18. The molecule has 0 amide bonds. The fourth-order valence-corrected chi connectivity index (χ4v) is 3.20. The number of guanidine groups is 1. The predicted octanol–water partition coefficient (Wildman–Crippen LogP) is 0.166. The van der Waals surface area contributed by atoms with E-state index in [1.807, 2.05) is 6.92 Å². The van der Waals surface area contributed by atoms with Crippen molar-refractivity contribution < 1.29 is 17.9 Å². The third kappa shape index (κ3) is 7.04. The first-order valence-electron chi connectivity index (χ1n) is 8.53. The average molecular weight is 362 g/mol. The van der Waals surface area contributed by atoms with Gasteiger partial charge in [0.1, 0.15) is 0 Å². The van der Waals surface area contributed by atoms with Crippen LogP contribution in [0.25, 0.3) is 0 Å². The highest BCUT2D eigenvalue weighted by atomic mass is 32.2. The van der Waals surface area contributed by atoms with Crippen LogP contribution >= 0.6 is 0 Å². The molecule has 0 aromatic rings. The van der Waals surface area contributed by atoms with Gasteiger partial charge in [-0.05, 0) is 33.1 Å². The van der Waals surface area contributed by atoms with Crippen LogP contribution in [0.5, 0.6) is 0 Å². The minimum Gasteiger partial charge on any atom is -0.466 e. The lowest BCUT2D eigenvalue weighted by atomic mass is 9.97. The summed E-state index contributed by atoms with van der Waals surface area (Å²) in [5, 5.41) is 3.24. The van der Waals surface area contributed by atoms with E-state index in [1.165, 1.54) is 0 Å². The van der Waals surface area contributed by atoms with Crippen LogP contribution in [0.2, 0.25) is 0 Å². The number of hydrogen-bond acceptors (Lipinski definition) is 5. The largest absolute Gasteiger partial charge is 0.466 e. The van der Waals surface area contributed by atoms with Crippen LogP contribution in [0.3, 0.4) is 0 Å². The maximum atomic E-state index is 11.8. The zero-order valence-electron chi connectivity index (χ0n) is 14.9. The summed E-state index contributed by atoms with van der Waals surface area (Å²) in [6.45, 7) is 6.41. The van der Waals surface area contributed by atoms with E-state index in [9.17, 15) is 13.2 Å². The molecule has 1 heterocycles. The lowest BCUT2D eigenvalue weighted by Crippen LogP contribution is -2.47. The summed E-state index contributed by atoms with van der Waals surface area (Å²) in [5.41, 5.74) is 0. The molecule has 1 fully saturated rings. The van der Waals surface area contributed by atoms with Crippen LogP contribution in [-0.4, -0.2) is 70.8 Å². The Morgan fingerprint density at radius 1 is 1.25 bits per heavy atom. The maximum absolute atomic E-state index is 11.8. The Balaban J connectivity index is 2.30. The van der Waals surface area contributed by atoms with Crippen LogP contribution in [0.1, 0.15) is 33.1 Å². The van der Waals surface area contributed by atoms with E-state index in [0.717, 1.165) is 31.9 Å². The minimum atomic E-state index is -3.13. The normalized spacial score (nSPS) is 17.0. The summed E-state index contributed by atoms with van der Waals surface area (Å²) < 4.78 is 30.3. The molecule has 24 heavy (non-hydrogen) atoms. The predicted molar refractivity (Wildman–Crippen MR) is 94.4 cm³/mol. The lowest BCUT2D eigenvalue weighted by molar-refractivity contribution is -0.149. The van der Waals surface area contributed by atoms with Gasteiger partial charge in [-0.25, -0.2) is 13.1 Å². The van der Waals surface area contributed by atoms with Crippen molar-refractivity contribution in [1.29, 1.82) is 0 Å². The van der Waals surface area contributed by atoms with Crippen LogP contribution in [0.15, 0.2) is 4.99 Å². The fourth-order valence-electron chi connectivity index (χ4n) is 2.54. The van der Waals surface area contributed by atoms with E-state index in [2.05, 4.69) is 19.9 Å². The summed E-state index contributed by atoms with van der Waals surface area (Å²) in [5.74, 6) is 0.749. The van der Waals surface area contributed by atoms with E-state index in [-0.39, 0.29) is 17.6 Å². The standard InChI is InChI=1S/C15H30N4O4S/c1-4-23-14(20)13-7-11-19(12-8-13)15(16-3)17-9-6-10-18-24(21,22)5-2/h13,18H,4-12H2,1-3H3,(H,16,17). The molecule has 0 bridgehead atoms. The Hall–Kier alpha value is -1.35. The summed E-state index contributed by atoms with van der Waals surface area (Å²) in [6, 6.07) is 0. The topological polar surface area (TPSA) is 100 Å². The van der Waals surface area contributed by atoms with E-state index in [0.29, 0.717) is 26.1 Å². The van der Waals surface area contributed by atoms with Crippen molar-refractivity contribution in [2.24, 2.45) is 10.9 Å². The summed E-state index contributed by atoms with van der Waals surface area (Å²) in [6.07, 6.45) is 2.20. The minimum absolute atomic E-state index is 0.0252. The molecular formula is C15H30N4O4S. The van der Waals surface area contributed by atoms with Crippen molar-refractivity contribution in [3.63, 3.8) is 0 Å². The second-order valence-corrected chi connectivity index (χ2v) is 7.73. The highest BCUT2D eigenvalue weighted by Gasteiger charge is 2.27. The summed E-state index contributed by atoms with van der Waals surface area (Å²) in [4.78, 5) is 18.1. The van der Waals surface area contributed by atoms with Gasteiger partial charge in [0, 0.05) is 33.2 Å². The van der Waals surface area contributed by atoms with Crippen molar-refractivity contribution in [2.75, 3.05) is 45.6 Å². The number of hydrogen-bond donors (Lipinski definition) is 2. The van der Waals surface area contributed by atoms with E-state index >= 15 is 0 Å². The number of esters is 1. The third-order valence-electron chi connectivity index (χ3n) is 3.96. The Bertz CT molecular complexity index is 514. The molecule has 8 nitrogen and oxygen atoms in total. The van der Waals surface area contributed by atoms with Gasteiger partial charge < -0.3 is 15.0 Å². The van der Waals surface area contributed by atoms with Gasteiger partial charge in [-0.3, -0.25) is 9.79 Å². The first-order valence-corrected chi connectivity index (χ1v) is 10.2. The molecule has 1 aliphatic heterocycles. The molecule has 1 saturated heterocycles. The van der Waals surface area contributed by atoms with Crippen LogP contribution in [-0.2, 0) is 19.6 Å². The molecule has 0 aliphatic carbocycles. The number of rotatable bonds is 8. The van der Waals surface area contributed by atoms with E-state index in [1.54, 1.807) is 14.0 Å². The van der Waals surface area contributed by atoms with Crippen LogP contribution < -0.4 is 10.0 Å². The summed E-state index contributed by atoms with van der Waals surface area (Å²) in [7, 11) is -1.41. The SMILES string of the molecule is CCOC(=O)C1CCN(C(=NC)NCCCNS(=O)(=O)CC)CC1. The van der Waals surface area contributed by atoms with Gasteiger partial charge in [-0.2, -0.15) is 0 Å². The van der Waals surface area contributed by atoms with Gasteiger partial charge in [0.2, 0.25) is 10.0 Å². The number of nitrogens with zero attached hydrogens (tertiary/aromatic N) is 2. The van der Waals surface area contributed by atoms with Crippen molar-refractivity contribution in [2.45, 2.75) is 33.1 Å². The van der Waals surface area contributed by atoms with Crippen molar-refractivity contribution in [1.82, 2.24) is 14.9 Å². The van der Waals surface area contributed by atoms with Gasteiger partial charge >= 0.3 is 5.97 Å². The Morgan fingerprint density at radius 3 is 2.46 bits per heavy atom. The molecule has 0 atom stereocenters. The number of likely N-dealkylation sites (tertiary alicyclic amines) is 1. The Morgan fingerprint density at radius 2 is 1.92 bits per heavy atom. The number of carbonyl (C=O) groups is 1. The Labute approximate surface area is 145 Å². The molecule has 0 unspecified atom stereocenters. The number of sulfonamides is 1. The molecule has 0 aromatic carbocycles. The van der Waals surface area contributed by atoms with E-state index < -0.39 is 10.0 Å². The molecule has 9 heteroatoms. The molecule has 0 radical (unpaired) electrons. The molecule has 0 saturated carbocycles. The molecular weight excluding hydrogens is 332 g/mol. The van der Waals surface area contributed by atoms with E-state index in [4.69, 9.17) is 4.74 Å². The summed E-state index contributed by atoms with van der Waals surface area (Å²) >= 11 is 0. The Kier molecular flexibility index (Phi) is 9.05.